The largest absolute Gasteiger partial charge is 0.327 e. The van der Waals surface area contributed by atoms with Crippen LogP contribution in [0.15, 0.2) is 12.3 Å². The zero-order valence-corrected chi connectivity index (χ0v) is 10.4. The molecule has 0 aliphatic rings. The van der Waals surface area contributed by atoms with Gasteiger partial charge in [0, 0.05) is 6.04 Å². The summed E-state index contributed by atoms with van der Waals surface area (Å²) in [6.07, 6.45) is 1.53. The number of anilines is 1. The molecule has 1 amide bonds. The van der Waals surface area contributed by atoms with Gasteiger partial charge >= 0.3 is 0 Å². The molecule has 0 saturated carbocycles. The molecule has 0 aliphatic heterocycles. The van der Waals surface area contributed by atoms with E-state index in [1.165, 1.54) is 6.20 Å². The SMILES string of the molecule is Cc1cc(NC(=O)C(C)C(C)N)cnc1Cl. The highest BCUT2D eigenvalue weighted by molar-refractivity contribution is 6.30. The Morgan fingerprint density at radius 3 is 2.69 bits per heavy atom. The molecule has 16 heavy (non-hydrogen) atoms. The molecule has 0 spiro atoms. The van der Waals surface area contributed by atoms with Crippen molar-refractivity contribution in [3.8, 4) is 0 Å². The number of amides is 1. The van der Waals surface area contributed by atoms with Crippen molar-refractivity contribution in [1.82, 2.24) is 4.98 Å². The monoisotopic (exact) mass is 241 g/mol. The smallest absolute Gasteiger partial charge is 0.228 e. The topological polar surface area (TPSA) is 68.0 Å². The van der Waals surface area contributed by atoms with E-state index in [0.717, 1.165) is 5.56 Å². The van der Waals surface area contributed by atoms with Gasteiger partial charge in [0.2, 0.25) is 5.91 Å². The average molecular weight is 242 g/mol. The van der Waals surface area contributed by atoms with Crippen LogP contribution >= 0.6 is 11.6 Å². The van der Waals surface area contributed by atoms with Gasteiger partial charge in [-0.05, 0) is 25.5 Å². The minimum Gasteiger partial charge on any atom is -0.327 e. The van der Waals surface area contributed by atoms with E-state index in [2.05, 4.69) is 10.3 Å². The first-order valence-corrected chi connectivity index (χ1v) is 5.48. The van der Waals surface area contributed by atoms with E-state index < -0.39 is 0 Å². The zero-order chi connectivity index (χ0) is 12.3. The van der Waals surface area contributed by atoms with Gasteiger partial charge in [0.1, 0.15) is 5.15 Å². The zero-order valence-electron chi connectivity index (χ0n) is 9.62. The van der Waals surface area contributed by atoms with E-state index in [4.69, 9.17) is 17.3 Å². The van der Waals surface area contributed by atoms with Gasteiger partial charge in [-0.25, -0.2) is 4.98 Å². The van der Waals surface area contributed by atoms with Crippen LogP contribution in [0.3, 0.4) is 0 Å². The molecule has 3 N–H and O–H groups in total. The molecule has 0 saturated heterocycles. The van der Waals surface area contributed by atoms with Crippen molar-refractivity contribution in [2.24, 2.45) is 11.7 Å². The third kappa shape index (κ3) is 3.18. The van der Waals surface area contributed by atoms with Crippen LogP contribution in [-0.2, 0) is 4.79 Å². The van der Waals surface area contributed by atoms with E-state index in [-0.39, 0.29) is 17.9 Å². The van der Waals surface area contributed by atoms with Gasteiger partial charge in [0.05, 0.1) is 17.8 Å². The summed E-state index contributed by atoms with van der Waals surface area (Å²) >= 11 is 5.79. The standard InChI is InChI=1S/C11H16ClN3O/c1-6-4-9(5-14-10(6)12)15-11(16)7(2)8(3)13/h4-5,7-8H,13H2,1-3H3,(H,15,16). The Hall–Kier alpha value is -1.13. The van der Waals surface area contributed by atoms with Crippen molar-refractivity contribution in [3.63, 3.8) is 0 Å². The first-order chi connectivity index (χ1) is 7.41. The molecule has 0 bridgehead atoms. The number of aryl methyl sites for hydroxylation is 1. The highest BCUT2D eigenvalue weighted by Gasteiger charge is 2.17. The molecule has 0 aliphatic carbocycles. The molecule has 0 fully saturated rings. The Bertz CT molecular complexity index is 393. The lowest BCUT2D eigenvalue weighted by molar-refractivity contribution is -0.119. The Morgan fingerprint density at radius 2 is 2.19 bits per heavy atom. The van der Waals surface area contributed by atoms with Crippen molar-refractivity contribution in [2.75, 3.05) is 5.32 Å². The molecular formula is C11H16ClN3O. The number of nitrogens with one attached hydrogen (secondary N) is 1. The van der Waals surface area contributed by atoms with Crippen LogP contribution in [0.2, 0.25) is 5.15 Å². The molecule has 2 atom stereocenters. The van der Waals surface area contributed by atoms with Crippen molar-refractivity contribution in [3.05, 3.63) is 23.0 Å². The van der Waals surface area contributed by atoms with Crippen molar-refractivity contribution < 1.29 is 4.79 Å². The normalized spacial score (nSPS) is 14.3. The molecule has 2 unspecified atom stereocenters. The molecule has 88 valence electrons. The predicted octanol–water partition coefficient (Wildman–Crippen LogP) is 1.97. The van der Waals surface area contributed by atoms with E-state index in [0.29, 0.717) is 10.8 Å². The number of carbonyl (C=O) groups excluding carboxylic acids is 1. The summed E-state index contributed by atoms with van der Waals surface area (Å²) in [4.78, 5) is 15.7. The summed E-state index contributed by atoms with van der Waals surface area (Å²) in [6, 6.07) is 1.60. The van der Waals surface area contributed by atoms with Crippen LogP contribution in [-0.4, -0.2) is 16.9 Å². The average Bonchev–Trinajstić information content (AvgIpc) is 2.22. The fourth-order valence-corrected chi connectivity index (χ4v) is 1.22. The lowest BCUT2D eigenvalue weighted by Gasteiger charge is -2.15. The van der Waals surface area contributed by atoms with E-state index in [1.54, 1.807) is 19.9 Å². The summed E-state index contributed by atoms with van der Waals surface area (Å²) in [5.41, 5.74) is 7.11. The second-order valence-electron chi connectivity index (χ2n) is 3.97. The van der Waals surface area contributed by atoms with Crippen LogP contribution < -0.4 is 11.1 Å². The van der Waals surface area contributed by atoms with Crippen molar-refractivity contribution >= 4 is 23.2 Å². The van der Waals surface area contributed by atoms with Gasteiger partial charge in [-0.15, -0.1) is 0 Å². The Labute approximate surface area is 100 Å². The summed E-state index contributed by atoms with van der Waals surface area (Å²) in [7, 11) is 0. The van der Waals surface area contributed by atoms with Gasteiger partial charge in [0.25, 0.3) is 0 Å². The van der Waals surface area contributed by atoms with Crippen molar-refractivity contribution in [1.29, 1.82) is 0 Å². The van der Waals surface area contributed by atoms with E-state index >= 15 is 0 Å². The molecule has 0 aromatic carbocycles. The van der Waals surface area contributed by atoms with Gasteiger partial charge in [-0.2, -0.15) is 0 Å². The van der Waals surface area contributed by atoms with Crippen LogP contribution in [0.1, 0.15) is 19.4 Å². The number of halogens is 1. The Kier molecular flexibility index (Phi) is 4.26. The molecule has 1 aromatic heterocycles. The van der Waals surface area contributed by atoms with Crippen LogP contribution in [0.4, 0.5) is 5.69 Å². The maximum Gasteiger partial charge on any atom is 0.228 e. The maximum atomic E-state index is 11.7. The Morgan fingerprint density at radius 1 is 1.56 bits per heavy atom. The first-order valence-electron chi connectivity index (χ1n) is 5.10. The van der Waals surface area contributed by atoms with Gasteiger partial charge < -0.3 is 11.1 Å². The summed E-state index contributed by atoms with van der Waals surface area (Å²) in [5, 5.41) is 3.19. The summed E-state index contributed by atoms with van der Waals surface area (Å²) < 4.78 is 0. The molecule has 1 rings (SSSR count). The lowest BCUT2D eigenvalue weighted by atomic mass is 10.0. The number of pyridine rings is 1. The highest BCUT2D eigenvalue weighted by Crippen LogP contribution is 2.16. The van der Waals surface area contributed by atoms with Crippen molar-refractivity contribution in [2.45, 2.75) is 26.8 Å². The number of nitrogens with zero attached hydrogens (tertiary/aromatic N) is 1. The minimum absolute atomic E-state index is 0.112. The number of carbonyl (C=O) groups is 1. The second-order valence-corrected chi connectivity index (χ2v) is 4.33. The molecular weight excluding hydrogens is 226 g/mol. The first kappa shape index (κ1) is 12.9. The molecule has 4 nitrogen and oxygen atoms in total. The fourth-order valence-electron chi connectivity index (χ4n) is 1.12. The fraction of sp³-hybridized carbons (Fsp3) is 0.455. The number of rotatable bonds is 3. The maximum absolute atomic E-state index is 11.7. The van der Waals surface area contributed by atoms with Crippen LogP contribution in [0.5, 0.6) is 0 Å². The predicted molar refractivity (Wildman–Crippen MR) is 65.4 cm³/mol. The van der Waals surface area contributed by atoms with E-state index in [9.17, 15) is 4.79 Å². The number of nitrogens with two attached hydrogens (primary N) is 1. The molecule has 1 heterocycles. The van der Waals surface area contributed by atoms with Gasteiger partial charge in [0.15, 0.2) is 0 Å². The van der Waals surface area contributed by atoms with Gasteiger partial charge in [-0.3, -0.25) is 4.79 Å². The molecule has 0 radical (unpaired) electrons. The molecule has 5 heteroatoms. The van der Waals surface area contributed by atoms with E-state index in [1.807, 2.05) is 6.92 Å². The van der Waals surface area contributed by atoms with Gasteiger partial charge in [-0.1, -0.05) is 18.5 Å². The highest BCUT2D eigenvalue weighted by atomic mass is 35.5. The lowest BCUT2D eigenvalue weighted by Crippen LogP contribution is -2.34. The number of hydrogen-bond acceptors (Lipinski definition) is 3. The third-order valence-electron chi connectivity index (χ3n) is 2.48. The number of aromatic nitrogens is 1. The van der Waals surface area contributed by atoms with Crippen LogP contribution in [0, 0.1) is 12.8 Å². The molecule has 1 aromatic rings. The third-order valence-corrected chi connectivity index (χ3v) is 2.88. The Balaban J connectivity index is 2.74. The summed E-state index contributed by atoms with van der Waals surface area (Å²) in [6.45, 7) is 5.42. The summed E-state index contributed by atoms with van der Waals surface area (Å²) in [5.74, 6) is -0.352. The number of hydrogen-bond donors (Lipinski definition) is 2. The second kappa shape index (κ2) is 5.27. The van der Waals surface area contributed by atoms with Crippen LogP contribution in [0.25, 0.3) is 0 Å². The quantitative estimate of drug-likeness (QED) is 0.795. The minimum atomic E-state index is -0.240.